The van der Waals surface area contributed by atoms with Gasteiger partial charge in [-0.05, 0) is 6.92 Å². The molecule has 0 aliphatic carbocycles. The molecule has 0 spiro atoms. The molecule has 1 fully saturated rings. The number of hydrogen-bond donors (Lipinski definition) is 0. The van der Waals surface area contributed by atoms with Crippen molar-refractivity contribution in [1.29, 1.82) is 0 Å². The van der Waals surface area contributed by atoms with Crippen LogP contribution in [0.1, 0.15) is 13.3 Å². The Morgan fingerprint density at radius 2 is 2.42 bits per heavy atom. The lowest BCUT2D eigenvalue weighted by molar-refractivity contribution is -0.137. The molecule has 0 N–H and O–H groups in total. The Hall–Kier alpha value is -0.610. The van der Waals surface area contributed by atoms with Gasteiger partial charge >= 0.3 is 5.97 Å². The lowest BCUT2D eigenvalue weighted by Gasteiger charge is -2.07. The highest BCUT2D eigenvalue weighted by Crippen LogP contribution is 2.09. The summed E-state index contributed by atoms with van der Waals surface area (Å²) in [6.45, 7) is 4.15. The molecule has 0 amide bonds. The Balaban J connectivity index is 1.97. The smallest absolute Gasteiger partial charge is 0.308 e. The van der Waals surface area contributed by atoms with Crippen LogP contribution in [0.4, 0.5) is 0 Å². The zero-order valence-electron chi connectivity index (χ0n) is 7.25. The summed E-state index contributed by atoms with van der Waals surface area (Å²) in [5, 5.41) is 0. The zero-order chi connectivity index (χ0) is 8.81. The van der Waals surface area contributed by atoms with E-state index in [9.17, 15) is 4.79 Å². The lowest BCUT2D eigenvalue weighted by Crippen LogP contribution is -2.16. The van der Waals surface area contributed by atoms with E-state index in [0.29, 0.717) is 32.8 Å². The second kappa shape index (κ2) is 5.11. The molecule has 0 bridgehead atoms. The van der Waals surface area contributed by atoms with E-state index < -0.39 is 0 Å². The number of esters is 1. The fourth-order valence-corrected chi connectivity index (χ4v) is 1.01. The van der Waals surface area contributed by atoms with Crippen LogP contribution < -0.4 is 0 Å². The van der Waals surface area contributed by atoms with Gasteiger partial charge in [-0.25, -0.2) is 0 Å². The van der Waals surface area contributed by atoms with Crippen molar-refractivity contribution in [3.05, 3.63) is 0 Å². The molecule has 1 atom stereocenters. The molecule has 12 heavy (non-hydrogen) atoms. The second-order valence-electron chi connectivity index (χ2n) is 2.58. The highest BCUT2D eigenvalue weighted by atomic mass is 16.6. The fourth-order valence-electron chi connectivity index (χ4n) is 1.01. The molecule has 1 saturated heterocycles. The average molecular weight is 174 g/mol. The second-order valence-corrected chi connectivity index (χ2v) is 2.58. The molecule has 0 aromatic heterocycles. The van der Waals surface area contributed by atoms with Gasteiger partial charge < -0.3 is 14.2 Å². The van der Waals surface area contributed by atoms with Crippen molar-refractivity contribution >= 4 is 5.97 Å². The van der Waals surface area contributed by atoms with E-state index in [-0.39, 0.29) is 12.1 Å². The molecule has 0 aromatic carbocycles. The Morgan fingerprint density at radius 1 is 1.58 bits per heavy atom. The maximum Gasteiger partial charge on any atom is 0.308 e. The van der Waals surface area contributed by atoms with Crippen LogP contribution in [0.3, 0.4) is 0 Å². The Kier molecular flexibility index (Phi) is 4.04. The molecule has 4 heteroatoms. The molecule has 4 nitrogen and oxygen atoms in total. The van der Waals surface area contributed by atoms with Crippen LogP contribution in [0.2, 0.25) is 0 Å². The lowest BCUT2D eigenvalue weighted by atomic mass is 10.3. The summed E-state index contributed by atoms with van der Waals surface area (Å²) in [5.41, 5.74) is 0. The molecule has 0 radical (unpaired) electrons. The third kappa shape index (κ3) is 3.19. The monoisotopic (exact) mass is 174 g/mol. The number of carbonyl (C=O) groups is 1. The SMILES string of the molecule is CCOCCO[C@@H]1COC(=O)C1. The first-order valence-corrected chi connectivity index (χ1v) is 4.18. The summed E-state index contributed by atoms with van der Waals surface area (Å²) in [6, 6.07) is 0. The minimum Gasteiger partial charge on any atom is -0.463 e. The average Bonchev–Trinajstić information content (AvgIpc) is 2.45. The van der Waals surface area contributed by atoms with Crippen molar-refractivity contribution in [3.8, 4) is 0 Å². The Morgan fingerprint density at radius 3 is 3.00 bits per heavy atom. The summed E-state index contributed by atoms with van der Waals surface area (Å²) in [4.78, 5) is 10.6. The summed E-state index contributed by atoms with van der Waals surface area (Å²) < 4.78 is 15.1. The Bertz CT molecular complexity index is 146. The number of carbonyl (C=O) groups excluding carboxylic acids is 1. The maximum atomic E-state index is 10.6. The predicted octanol–water partition coefficient (Wildman–Crippen LogP) is 0.355. The molecular weight excluding hydrogens is 160 g/mol. The van der Waals surface area contributed by atoms with E-state index in [1.165, 1.54) is 0 Å². The van der Waals surface area contributed by atoms with Gasteiger partial charge in [-0.1, -0.05) is 0 Å². The van der Waals surface area contributed by atoms with Crippen LogP contribution in [-0.4, -0.2) is 38.5 Å². The normalized spacial score (nSPS) is 22.8. The highest BCUT2D eigenvalue weighted by molar-refractivity contribution is 5.71. The van der Waals surface area contributed by atoms with Crippen molar-refractivity contribution in [1.82, 2.24) is 0 Å². The molecular formula is C8H14O4. The van der Waals surface area contributed by atoms with Crippen LogP contribution in [0.25, 0.3) is 0 Å². The maximum absolute atomic E-state index is 10.6. The quantitative estimate of drug-likeness (QED) is 0.446. The van der Waals surface area contributed by atoms with Gasteiger partial charge in [0.15, 0.2) is 0 Å². The molecule has 0 unspecified atom stereocenters. The molecule has 0 aromatic rings. The van der Waals surface area contributed by atoms with Crippen molar-refractivity contribution in [2.24, 2.45) is 0 Å². The fraction of sp³-hybridized carbons (Fsp3) is 0.875. The first-order chi connectivity index (χ1) is 5.83. The van der Waals surface area contributed by atoms with Crippen LogP contribution in [-0.2, 0) is 19.0 Å². The molecule has 0 saturated carbocycles. The minimum atomic E-state index is -0.170. The van der Waals surface area contributed by atoms with Crippen molar-refractivity contribution in [2.45, 2.75) is 19.4 Å². The van der Waals surface area contributed by atoms with Gasteiger partial charge in [0.05, 0.1) is 19.6 Å². The van der Waals surface area contributed by atoms with Gasteiger partial charge in [-0.3, -0.25) is 4.79 Å². The number of cyclic esters (lactones) is 1. The largest absolute Gasteiger partial charge is 0.463 e. The summed E-state index contributed by atoms with van der Waals surface area (Å²) in [6.07, 6.45) is 0.324. The third-order valence-electron chi connectivity index (χ3n) is 1.61. The van der Waals surface area contributed by atoms with Crippen molar-refractivity contribution in [3.63, 3.8) is 0 Å². The van der Waals surface area contributed by atoms with Gasteiger partial charge in [0.1, 0.15) is 12.7 Å². The first-order valence-electron chi connectivity index (χ1n) is 4.18. The Labute approximate surface area is 71.8 Å². The predicted molar refractivity (Wildman–Crippen MR) is 41.8 cm³/mol. The van der Waals surface area contributed by atoms with E-state index in [2.05, 4.69) is 0 Å². The van der Waals surface area contributed by atoms with Crippen molar-refractivity contribution in [2.75, 3.05) is 26.4 Å². The van der Waals surface area contributed by atoms with E-state index in [1.807, 2.05) is 6.92 Å². The summed E-state index contributed by atoms with van der Waals surface area (Å²) in [5.74, 6) is -0.170. The van der Waals surface area contributed by atoms with E-state index in [4.69, 9.17) is 14.2 Å². The van der Waals surface area contributed by atoms with Gasteiger partial charge in [0.25, 0.3) is 0 Å². The van der Waals surface area contributed by atoms with Crippen LogP contribution in [0.15, 0.2) is 0 Å². The van der Waals surface area contributed by atoms with Crippen LogP contribution in [0.5, 0.6) is 0 Å². The van der Waals surface area contributed by atoms with Crippen LogP contribution in [0, 0.1) is 0 Å². The van der Waals surface area contributed by atoms with Gasteiger partial charge in [0, 0.05) is 6.61 Å². The van der Waals surface area contributed by atoms with Gasteiger partial charge in [0.2, 0.25) is 0 Å². The van der Waals surface area contributed by atoms with E-state index in [0.717, 1.165) is 0 Å². The minimum absolute atomic E-state index is 0.0574. The number of ether oxygens (including phenoxy) is 3. The molecule has 1 rings (SSSR count). The van der Waals surface area contributed by atoms with E-state index in [1.54, 1.807) is 0 Å². The number of hydrogen-bond acceptors (Lipinski definition) is 4. The van der Waals surface area contributed by atoms with Crippen molar-refractivity contribution < 1.29 is 19.0 Å². The standard InChI is InChI=1S/C8H14O4/c1-2-10-3-4-11-7-5-8(9)12-6-7/h7H,2-6H2,1H3/t7-/m0/s1. The topological polar surface area (TPSA) is 44.8 Å². The summed E-state index contributed by atoms with van der Waals surface area (Å²) >= 11 is 0. The summed E-state index contributed by atoms with van der Waals surface area (Å²) in [7, 11) is 0. The third-order valence-corrected chi connectivity index (χ3v) is 1.61. The van der Waals surface area contributed by atoms with Gasteiger partial charge in [-0.2, -0.15) is 0 Å². The molecule has 1 heterocycles. The van der Waals surface area contributed by atoms with Crippen LogP contribution >= 0.6 is 0 Å². The number of rotatable bonds is 5. The first kappa shape index (κ1) is 9.48. The molecule has 1 aliphatic heterocycles. The molecule has 70 valence electrons. The van der Waals surface area contributed by atoms with Gasteiger partial charge in [-0.15, -0.1) is 0 Å². The zero-order valence-corrected chi connectivity index (χ0v) is 7.25. The molecule has 1 aliphatic rings. The highest BCUT2D eigenvalue weighted by Gasteiger charge is 2.23. The van der Waals surface area contributed by atoms with E-state index >= 15 is 0 Å².